The van der Waals surface area contributed by atoms with Gasteiger partial charge in [-0.3, -0.25) is 4.79 Å². The number of thioether (sulfide) groups is 1. The average Bonchev–Trinajstić information content (AvgIpc) is 2.88. The van der Waals surface area contributed by atoms with Crippen molar-refractivity contribution in [2.75, 3.05) is 19.5 Å². The van der Waals surface area contributed by atoms with Crippen LogP contribution in [0.2, 0.25) is 0 Å². The lowest BCUT2D eigenvalue weighted by Gasteiger charge is -2.14. The number of aromatic nitrogens is 3. The molecule has 0 fully saturated rings. The fourth-order valence-electron chi connectivity index (χ4n) is 3.76. The highest BCUT2D eigenvalue weighted by molar-refractivity contribution is 8.00. The quantitative estimate of drug-likeness (QED) is 0.299. The van der Waals surface area contributed by atoms with Gasteiger partial charge in [-0.25, -0.2) is 4.98 Å². The van der Waals surface area contributed by atoms with Crippen LogP contribution in [-0.2, 0) is 4.79 Å². The summed E-state index contributed by atoms with van der Waals surface area (Å²) in [5.74, 6) is 1.37. The second-order valence-corrected chi connectivity index (χ2v) is 9.68. The summed E-state index contributed by atoms with van der Waals surface area (Å²) in [5.41, 5.74) is 6.00. The third-order valence-corrected chi connectivity index (χ3v) is 6.49. The number of rotatable bonds is 8. The second kappa shape index (κ2) is 11.2. The molecule has 8 heteroatoms. The molecule has 3 aromatic carbocycles. The van der Waals surface area contributed by atoms with Gasteiger partial charge >= 0.3 is 0 Å². The Balaban J connectivity index is 1.62. The molecule has 0 radical (unpaired) electrons. The molecule has 0 aliphatic heterocycles. The maximum atomic E-state index is 12.9. The monoisotopic (exact) mass is 500 g/mol. The highest BCUT2D eigenvalue weighted by Gasteiger charge is 2.20. The van der Waals surface area contributed by atoms with Crippen molar-refractivity contribution < 1.29 is 14.3 Å². The zero-order valence-electron chi connectivity index (χ0n) is 20.9. The average molecular weight is 501 g/mol. The summed E-state index contributed by atoms with van der Waals surface area (Å²) in [6, 6.07) is 21.2. The fraction of sp³-hybridized carbons (Fsp3) is 0.214. The van der Waals surface area contributed by atoms with E-state index in [1.165, 1.54) is 11.8 Å². The van der Waals surface area contributed by atoms with E-state index in [1.54, 1.807) is 14.2 Å². The number of ether oxygens (including phenoxy) is 2. The van der Waals surface area contributed by atoms with Crippen molar-refractivity contribution >= 4 is 23.4 Å². The van der Waals surface area contributed by atoms with Crippen LogP contribution in [0, 0.1) is 13.8 Å². The minimum Gasteiger partial charge on any atom is -0.497 e. The molecule has 7 nitrogen and oxygen atoms in total. The largest absolute Gasteiger partial charge is 0.497 e. The standard InChI is InChI=1S/C28H28N4O3S/c1-17-14-18(2)16-22(15-17)29-27(33)19(3)36-28-30-25(20-6-10-23(34-4)11-7-20)26(31-32-28)21-8-12-24(35-5)13-9-21/h6-16,19H,1-5H3,(H,29,33). The molecule has 1 amide bonds. The summed E-state index contributed by atoms with van der Waals surface area (Å²) in [6.07, 6.45) is 0. The first-order valence-electron chi connectivity index (χ1n) is 11.5. The number of carbonyl (C=O) groups is 1. The van der Waals surface area contributed by atoms with Crippen LogP contribution in [-0.4, -0.2) is 40.6 Å². The van der Waals surface area contributed by atoms with E-state index >= 15 is 0 Å². The van der Waals surface area contributed by atoms with E-state index in [9.17, 15) is 4.79 Å². The lowest BCUT2D eigenvalue weighted by Crippen LogP contribution is -2.23. The zero-order chi connectivity index (χ0) is 25.7. The Kier molecular flexibility index (Phi) is 7.85. The molecule has 1 heterocycles. The molecular weight excluding hydrogens is 472 g/mol. The number of nitrogens with one attached hydrogen (secondary N) is 1. The van der Waals surface area contributed by atoms with Gasteiger partial charge < -0.3 is 14.8 Å². The van der Waals surface area contributed by atoms with Gasteiger partial charge in [0.1, 0.15) is 22.9 Å². The lowest BCUT2D eigenvalue weighted by atomic mass is 10.0. The minimum absolute atomic E-state index is 0.126. The maximum Gasteiger partial charge on any atom is 0.237 e. The molecule has 1 unspecified atom stereocenters. The van der Waals surface area contributed by atoms with Gasteiger partial charge in [-0.05, 0) is 92.6 Å². The molecule has 184 valence electrons. The molecule has 0 aliphatic rings. The number of hydrogen-bond donors (Lipinski definition) is 1. The van der Waals surface area contributed by atoms with E-state index in [4.69, 9.17) is 14.5 Å². The van der Waals surface area contributed by atoms with E-state index < -0.39 is 5.25 Å². The van der Waals surface area contributed by atoms with Gasteiger partial charge in [-0.1, -0.05) is 17.8 Å². The molecular formula is C28H28N4O3S. The van der Waals surface area contributed by atoms with Crippen LogP contribution < -0.4 is 14.8 Å². The summed E-state index contributed by atoms with van der Waals surface area (Å²) in [6.45, 7) is 5.84. The van der Waals surface area contributed by atoms with Gasteiger partial charge in [-0.15, -0.1) is 10.2 Å². The summed E-state index contributed by atoms with van der Waals surface area (Å²) < 4.78 is 10.6. The summed E-state index contributed by atoms with van der Waals surface area (Å²) in [7, 11) is 3.26. The van der Waals surface area contributed by atoms with Crippen LogP contribution in [0.1, 0.15) is 18.1 Å². The van der Waals surface area contributed by atoms with Crippen LogP contribution in [0.15, 0.2) is 71.9 Å². The first-order chi connectivity index (χ1) is 17.4. The van der Waals surface area contributed by atoms with Crippen molar-refractivity contribution in [3.63, 3.8) is 0 Å². The molecule has 1 N–H and O–H groups in total. The van der Waals surface area contributed by atoms with Crippen LogP contribution >= 0.6 is 11.8 Å². The minimum atomic E-state index is -0.428. The predicted molar refractivity (Wildman–Crippen MR) is 144 cm³/mol. The Morgan fingerprint density at radius 1 is 0.806 bits per heavy atom. The van der Waals surface area contributed by atoms with Gasteiger partial charge in [-0.2, -0.15) is 0 Å². The highest BCUT2D eigenvalue weighted by atomic mass is 32.2. The van der Waals surface area contributed by atoms with Gasteiger partial charge in [0, 0.05) is 16.8 Å². The number of anilines is 1. The molecule has 36 heavy (non-hydrogen) atoms. The van der Waals surface area contributed by atoms with Crippen LogP contribution in [0.4, 0.5) is 5.69 Å². The van der Waals surface area contributed by atoms with Gasteiger partial charge in [0.25, 0.3) is 0 Å². The number of methoxy groups -OCH3 is 2. The van der Waals surface area contributed by atoms with Crippen molar-refractivity contribution in [3.8, 4) is 34.0 Å². The fourth-order valence-corrected chi connectivity index (χ4v) is 4.47. The van der Waals surface area contributed by atoms with E-state index in [0.717, 1.165) is 39.4 Å². The number of nitrogens with zero attached hydrogens (tertiary/aromatic N) is 3. The molecule has 4 rings (SSSR count). The summed E-state index contributed by atoms with van der Waals surface area (Å²) in [5, 5.41) is 11.8. The second-order valence-electron chi connectivity index (χ2n) is 8.37. The Labute approximate surface area is 215 Å². The van der Waals surface area contributed by atoms with Gasteiger partial charge in [0.05, 0.1) is 19.5 Å². The predicted octanol–water partition coefficient (Wildman–Crippen LogP) is 5.96. The molecule has 4 aromatic rings. The highest BCUT2D eigenvalue weighted by Crippen LogP contribution is 2.32. The van der Waals surface area contributed by atoms with Crippen molar-refractivity contribution in [2.24, 2.45) is 0 Å². The van der Waals surface area contributed by atoms with Crippen LogP contribution in [0.3, 0.4) is 0 Å². The number of benzene rings is 3. The van der Waals surface area contributed by atoms with Crippen molar-refractivity contribution in [1.29, 1.82) is 0 Å². The van der Waals surface area contributed by atoms with E-state index in [-0.39, 0.29) is 5.91 Å². The smallest absolute Gasteiger partial charge is 0.237 e. The molecule has 0 aliphatic carbocycles. The van der Waals surface area contributed by atoms with Crippen LogP contribution in [0.5, 0.6) is 11.5 Å². The maximum absolute atomic E-state index is 12.9. The number of aryl methyl sites for hydroxylation is 2. The number of hydrogen-bond acceptors (Lipinski definition) is 7. The normalized spacial score (nSPS) is 11.6. The van der Waals surface area contributed by atoms with Crippen LogP contribution in [0.25, 0.3) is 22.5 Å². The van der Waals surface area contributed by atoms with E-state index in [1.807, 2.05) is 81.4 Å². The lowest BCUT2D eigenvalue weighted by molar-refractivity contribution is -0.115. The Bertz CT molecular complexity index is 1340. The molecule has 0 saturated heterocycles. The van der Waals surface area contributed by atoms with Crippen molar-refractivity contribution in [1.82, 2.24) is 15.2 Å². The zero-order valence-corrected chi connectivity index (χ0v) is 21.7. The van der Waals surface area contributed by atoms with Gasteiger partial charge in [0.15, 0.2) is 0 Å². The topological polar surface area (TPSA) is 86.2 Å². The first-order valence-corrected chi connectivity index (χ1v) is 12.3. The summed E-state index contributed by atoms with van der Waals surface area (Å²) >= 11 is 1.26. The Morgan fingerprint density at radius 2 is 1.33 bits per heavy atom. The molecule has 0 spiro atoms. The van der Waals surface area contributed by atoms with Gasteiger partial charge in [0.2, 0.25) is 11.1 Å². The number of amides is 1. The number of carbonyl (C=O) groups excluding carboxylic acids is 1. The van der Waals surface area contributed by atoms with Crippen molar-refractivity contribution in [3.05, 3.63) is 77.9 Å². The first kappa shape index (κ1) is 25.2. The molecule has 0 bridgehead atoms. The summed E-state index contributed by atoms with van der Waals surface area (Å²) in [4.78, 5) is 17.7. The molecule has 0 saturated carbocycles. The van der Waals surface area contributed by atoms with E-state index in [0.29, 0.717) is 16.5 Å². The van der Waals surface area contributed by atoms with E-state index in [2.05, 4.69) is 21.6 Å². The molecule has 1 aromatic heterocycles. The molecule has 1 atom stereocenters. The Hall–Kier alpha value is -3.91. The Morgan fingerprint density at radius 3 is 1.86 bits per heavy atom. The third-order valence-electron chi connectivity index (χ3n) is 5.53. The van der Waals surface area contributed by atoms with Crippen molar-refractivity contribution in [2.45, 2.75) is 31.2 Å². The third kappa shape index (κ3) is 6.01. The SMILES string of the molecule is COc1ccc(-c2nnc(SC(C)C(=O)Nc3cc(C)cc(C)c3)nc2-c2ccc(OC)cc2)cc1.